The normalized spacial score (nSPS) is 15.1. The fraction of sp³-hybridized carbons (Fsp3) is 0.278. The fourth-order valence-corrected chi connectivity index (χ4v) is 2.81. The van der Waals surface area contributed by atoms with Crippen LogP contribution in [-0.4, -0.2) is 34.8 Å². The molecule has 2 amide bonds. The number of amides is 2. The van der Waals surface area contributed by atoms with E-state index in [1.807, 2.05) is 0 Å². The molecular formula is C18H18FN3O2. The summed E-state index contributed by atoms with van der Waals surface area (Å²) in [6, 6.07) is 9.55. The van der Waals surface area contributed by atoms with Crippen molar-refractivity contribution in [2.45, 2.75) is 12.8 Å². The summed E-state index contributed by atoms with van der Waals surface area (Å²) in [7, 11) is 0. The summed E-state index contributed by atoms with van der Waals surface area (Å²) >= 11 is 0. The molecule has 1 aromatic heterocycles. The van der Waals surface area contributed by atoms with Crippen LogP contribution in [-0.2, 0) is 4.79 Å². The molecule has 0 radical (unpaired) electrons. The minimum absolute atomic E-state index is 0.0731. The molecule has 1 aliphatic rings. The number of carbonyl (C=O) groups excluding carboxylic acids is 2. The van der Waals surface area contributed by atoms with E-state index in [2.05, 4.69) is 10.3 Å². The van der Waals surface area contributed by atoms with E-state index in [9.17, 15) is 14.0 Å². The molecule has 1 aromatic carbocycles. The number of halogens is 1. The number of benzene rings is 1. The summed E-state index contributed by atoms with van der Waals surface area (Å²) in [5, 5.41) is 2.63. The van der Waals surface area contributed by atoms with Gasteiger partial charge < -0.3 is 10.2 Å². The lowest BCUT2D eigenvalue weighted by Gasteiger charge is -2.31. The molecule has 5 nitrogen and oxygen atoms in total. The molecule has 0 atom stereocenters. The van der Waals surface area contributed by atoms with Crippen molar-refractivity contribution in [1.82, 2.24) is 9.88 Å². The van der Waals surface area contributed by atoms with Gasteiger partial charge in [0.15, 0.2) is 0 Å². The molecule has 2 heterocycles. The highest BCUT2D eigenvalue weighted by molar-refractivity contribution is 5.95. The maximum Gasteiger partial charge on any atom is 0.255 e. The van der Waals surface area contributed by atoms with Gasteiger partial charge in [-0.3, -0.25) is 14.6 Å². The summed E-state index contributed by atoms with van der Waals surface area (Å²) in [5.41, 5.74) is 0.739. The topological polar surface area (TPSA) is 62.3 Å². The van der Waals surface area contributed by atoms with E-state index in [0.29, 0.717) is 31.5 Å². The number of para-hydroxylation sites is 1. The van der Waals surface area contributed by atoms with Gasteiger partial charge in [0.25, 0.3) is 5.91 Å². The number of piperidine rings is 1. The lowest BCUT2D eigenvalue weighted by Crippen LogP contribution is -2.41. The van der Waals surface area contributed by atoms with Crippen molar-refractivity contribution < 1.29 is 14.0 Å². The largest absolute Gasteiger partial charge is 0.339 e. The Kier molecular flexibility index (Phi) is 4.84. The van der Waals surface area contributed by atoms with E-state index in [-0.39, 0.29) is 23.4 Å². The van der Waals surface area contributed by atoms with Crippen LogP contribution < -0.4 is 5.32 Å². The van der Waals surface area contributed by atoms with Crippen molar-refractivity contribution in [3.63, 3.8) is 0 Å². The molecule has 1 fully saturated rings. The first-order chi connectivity index (χ1) is 11.6. The van der Waals surface area contributed by atoms with E-state index >= 15 is 0 Å². The molecule has 2 aromatic rings. The zero-order valence-corrected chi connectivity index (χ0v) is 13.1. The van der Waals surface area contributed by atoms with Crippen LogP contribution in [0.2, 0.25) is 0 Å². The van der Waals surface area contributed by atoms with Gasteiger partial charge in [-0.1, -0.05) is 12.1 Å². The molecule has 0 bridgehead atoms. The third-order valence-corrected chi connectivity index (χ3v) is 4.19. The molecular weight excluding hydrogens is 309 g/mol. The Balaban J connectivity index is 1.56. The van der Waals surface area contributed by atoms with Gasteiger partial charge in [-0.15, -0.1) is 0 Å². The quantitative estimate of drug-likeness (QED) is 0.943. The van der Waals surface area contributed by atoms with Crippen molar-refractivity contribution in [3.05, 3.63) is 60.2 Å². The van der Waals surface area contributed by atoms with Crippen LogP contribution in [0.5, 0.6) is 0 Å². The molecule has 1 aliphatic heterocycles. The van der Waals surface area contributed by atoms with Gasteiger partial charge in [0, 0.05) is 31.4 Å². The number of anilines is 1. The van der Waals surface area contributed by atoms with Gasteiger partial charge in [0.1, 0.15) is 5.82 Å². The Labute approximate surface area is 139 Å². The highest BCUT2D eigenvalue weighted by atomic mass is 19.1. The maximum atomic E-state index is 13.6. The van der Waals surface area contributed by atoms with Gasteiger partial charge in [0.2, 0.25) is 5.91 Å². The second kappa shape index (κ2) is 7.21. The van der Waals surface area contributed by atoms with E-state index in [0.717, 1.165) is 0 Å². The first kappa shape index (κ1) is 16.1. The highest BCUT2D eigenvalue weighted by Crippen LogP contribution is 2.21. The van der Waals surface area contributed by atoms with Gasteiger partial charge >= 0.3 is 0 Å². The lowest BCUT2D eigenvalue weighted by molar-refractivity contribution is -0.121. The first-order valence-electron chi connectivity index (χ1n) is 7.90. The summed E-state index contributed by atoms with van der Waals surface area (Å²) in [5.74, 6) is -0.942. The van der Waals surface area contributed by atoms with Crippen LogP contribution in [0.3, 0.4) is 0 Å². The summed E-state index contributed by atoms with van der Waals surface area (Å²) < 4.78 is 13.6. The Morgan fingerprint density at radius 3 is 2.54 bits per heavy atom. The van der Waals surface area contributed by atoms with E-state index in [1.165, 1.54) is 12.1 Å². The van der Waals surface area contributed by atoms with Crippen molar-refractivity contribution in [1.29, 1.82) is 0 Å². The van der Waals surface area contributed by atoms with Crippen LogP contribution in [0, 0.1) is 11.7 Å². The molecule has 1 saturated heterocycles. The maximum absolute atomic E-state index is 13.6. The number of likely N-dealkylation sites (tertiary alicyclic amines) is 1. The summed E-state index contributed by atoms with van der Waals surface area (Å²) in [6.07, 6.45) is 4.29. The molecule has 0 aliphatic carbocycles. The number of hydrogen-bond donors (Lipinski definition) is 1. The first-order valence-corrected chi connectivity index (χ1v) is 7.90. The van der Waals surface area contributed by atoms with Crippen LogP contribution in [0.4, 0.5) is 10.1 Å². The Hall–Kier alpha value is -2.76. The van der Waals surface area contributed by atoms with Crippen LogP contribution in [0.15, 0.2) is 48.8 Å². The molecule has 3 rings (SSSR count). The van der Waals surface area contributed by atoms with Crippen molar-refractivity contribution in [3.8, 4) is 0 Å². The number of nitrogens with one attached hydrogen (secondary N) is 1. The van der Waals surface area contributed by atoms with Crippen LogP contribution in [0.25, 0.3) is 0 Å². The molecule has 124 valence electrons. The highest BCUT2D eigenvalue weighted by Gasteiger charge is 2.28. The van der Waals surface area contributed by atoms with E-state index in [1.54, 1.807) is 41.6 Å². The minimum atomic E-state index is -0.449. The second-order valence-corrected chi connectivity index (χ2v) is 5.78. The molecule has 0 unspecified atom stereocenters. The molecule has 6 heteroatoms. The van der Waals surface area contributed by atoms with Crippen LogP contribution >= 0.6 is 0 Å². The monoisotopic (exact) mass is 327 g/mol. The molecule has 24 heavy (non-hydrogen) atoms. The van der Waals surface area contributed by atoms with Crippen molar-refractivity contribution in [2.75, 3.05) is 18.4 Å². The number of nitrogens with zero attached hydrogens (tertiary/aromatic N) is 2. The molecule has 1 N–H and O–H groups in total. The predicted molar refractivity (Wildman–Crippen MR) is 87.9 cm³/mol. The second-order valence-electron chi connectivity index (χ2n) is 5.78. The number of rotatable bonds is 3. The van der Waals surface area contributed by atoms with Gasteiger partial charge in [0.05, 0.1) is 11.3 Å². The summed E-state index contributed by atoms with van der Waals surface area (Å²) in [6.45, 7) is 1.01. The van der Waals surface area contributed by atoms with Gasteiger partial charge in [-0.25, -0.2) is 4.39 Å². The predicted octanol–water partition coefficient (Wildman–Crippen LogP) is 2.71. The SMILES string of the molecule is O=C(Nc1ccccc1F)C1CCN(C(=O)c2cccnc2)CC1. The average Bonchev–Trinajstić information content (AvgIpc) is 2.64. The number of carbonyl (C=O) groups is 2. The molecule has 0 saturated carbocycles. The third kappa shape index (κ3) is 3.59. The van der Waals surface area contributed by atoms with E-state index < -0.39 is 5.82 Å². The third-order valence-electron chi connectivity index (χ3n) is 4.19. The van der Waals surface area contributed by atoms with Gasteiger partial charge in [-0.2, -0.15) is 0 Å². The zero-order chi connectivity index (χ0) is 16.9. The van der Waals surface area contributed by atoms with Crippen molar-refractivity contribution in [2.24, 2.45) is 5.92 Å². The Bertz CT molecular complexity index is 728. The Morgan fingerprint density at radius 1 is 1.12 bits per heavy atom. The van der Waals surface area contributed by atoms with Crippen molar-refractivity contribution >= 4 is 17.5 Å². The van der Waals surface area contributed by atoms with Crippen LogP contribution in [0.1, 0.15) is 23.2 Å². The van der Waals surface area contributed by atoms with E-state index in [4.69, 9.17) is 0 Å². The number of hydrogen-bond acceptors (Lipinski definition) is 3. The summed E-state index contributed by atoms with van der Waals surface area (Å²) in [4.78, 5) is 30.3. The number of aromatic nitrogens is 1. The minimum Gasteiger partial charge on any atom is -0.339 e. The fourth-order valence-electron chi connectivity index (χ4n) is 2.81. The lowest BCUT2D eigenvalue weighted by atomic mass is 9.95. The zero-order valence-electron chi connectivity index (χ0n) is 13.1. The number of pyridine rings is 1. The molecule has 0 spiro atoms. The smallest absolute Gasteiger partial charge is 0.255 e. The van der Waals surface area contributed by atoms with Gasteiger partial charge in [-0.05, 0) is 37.1 Å². The average molecular weight is 327 g/mol. The standard InChI is InChI=1S/C18H18FN3O2/c19-15-5-1-2-6-16(15)21-17(23)13-7-10-22(11-8-13)18(24)14-4-3-9-20-12-14/h1-6,9,12-13H,7-8,10-11H2,(H,21,23). The Morgan fingerprint density at radius 2 is 1.88 bits per heavy atom.